The number of halogens is 1. The maximum Gasteiger partial charge on any atom is 0.417 e. The Bertz CT molecular complexity index is 1770. The van der Waals surface area contributed by atoms with Crippen LogP contribution in [0.15, 0.2) is 74.2 Å². The van der Waals surface area contributed by atoms with E-state index >= 15 is 0 Å². The van der Waals surface area contributed by atoms with Gasteiger partial charge in [0.25, 0.3) is 11.8 Å². The van der Waals surface area contributed by atoms with Gasteiger partial charge in [-0.2, -0.15) is 4.37 Å². The number of nitrogens with zero attached hydrogens (tertiary/aromatic N) is 1. The van der Waals surface area contributed by atoms with Crippen molar-refractivity contribution in [1.82, 2.24) is 14.7 Å². The SMILES string of the molecule is C\C=C(F)/C=C(C)\C(CC)=C(/C)C1NC(=O)c2c1c(NC(=O)c1nsc3ccccc13)cc1oc(=O)[nH]c21. The summed E-state index contributed by atoms with van der Waals surface area (Å²) in [4.78, 5) is 41.3. The normalized spacial score (nSPS) is 16.6. The summed E-state index contributed by atoms with van der Waals surface area (Å²) >= 11 is 1.22. The van der Waals surface area contributed by atoms with E-state index in [4.69, 9.17) is 4.42 Å². The molecule has 2 aromatic carbocycles. The van der Waals surface area contributed by atoms with E-state index in [1.54, 1.807) is 6.92 Å². The lowest BCUT2D eigenvalue weighted by molar-refractivity contribution is 0.0960. The minimum absolute atomic E-state index is 0.145. The van der Waals surface area contributed by atoms with Crippen LogP contribution >= 0.6 is 11.5 Å². The molecule has 0 spiro atoms. The molecule has 38 heavy (non-hydrogen) atoms. The summed E-state index contributed by atoms with van der Waals surface area (Å²) in [6, 6.07) is 8.31. The van der Waals surface area contributed by atoms with Gasteiger partial charge in [0, 0.05) is 17.0 Å². The topological polar surface area (TPSA) is 117 Å². The average Bonchev–Trinajstić information content (AvgIpc) is 3.58. The van der Waals surface area contributed by atoms with Crippen LogP contribution in [0, 0.1) is 0 Å². The molecule has 1 aliphatic rings. The Hall–Kier alpha value is -4.31. The zero-order valence-corrected chi connectivity index (χ0v) is 22.0. The molecule has 8 nitrogen and oxygen atoms in total. The van der Waals surface area contributed by atoms with Crippen LogP contribution in [0.5, 0.6) is 0 Å². The summed E-state index contributed by atoms with van der Waals surface area (Å²) in [5, 5.41) is 6.59. The van der Waals surface area contributed by atoms with Crippen molar-refractivity contribution in [2.24, 2.45) is 0 Å². The summed E-state index contributed by atoms with van der Waals surface area (Å²) in [6.45, 7) is 7.25. The molecule has 0 saturated heterocycles. The lowest BCUT2D eigenvalue weighted by Crippen LogP contribution is -2.21. The van der Waals surface area contributed by atoms with Crippen LogP contribution in [0.3, 0.4) is 0 Å². The number of H-pyrrole nitrogens is 1. The van der Waals surface area contributed by atoms with Crippen LogP contribution in [-0.2, 0) is 0 Å². The highest BCUT2D eigenvalue weighted by atomic mass is 32.1. The minimum atomic E-state index is -0.713. The number of hydrogen-bond donors (Lipinski definition) is 3. The van der Waals surface area contributed by atoms with E-state index in [9.17, 15) is 18.8 Å². The Kier molecular flexibility index (Phi) is 6.58. The Morgan fingerprint density at radius 1 is 1.26 bits per heavy atom. The molecule has 1 unspecified atom stereocenters. The van der Waals surface area contributed by atoms with Gasteiger partial charge in [0.05, 0.1) is 22.0 Å². The zero-order chi connectivity index (χ0) is 27.1. The number of hydrogen-bond acceptors (Lipinski definition) is 6. The number of nitrogens with one attached hydrogen (secondary N) is 3. The van der Waals surface area contributed by atoms with Gasteiger partial charge in [-0.25, -0.2) is 9.18 Å². The largest absolute Gasteiger partial charge is 0.417 e. The highest BCUT2D eigenvalue weighted by molar-refractivity contribution is 7.13. The van der Waals surface area contributed by atoms with Gasteiger partial charge in [-0.05, 0) is 67.6 Å². The van der Waals surface area contributed by atoms with E-state index in [0.717, 1.165) is 21.4 Å². The van der Waals surface area contributed by atoms with E-state index in [2.05, 4.69) is 20.0 Å². The maximum absolute atomic E-state index is 14.0. The van der Waals surface area contributed by atoms with E-state index in [0.29, 0.717) is 23.1 Å². The van der Waals surface area contributed by atoms with Crippen LogP contribution < -0.4 is 16.4 Å². The van der Waals surface area contributed by atoms with Crippen LogP contribution in [-0.4, -0.2) is 21.2 Å². The standard InChI is InChI=1S/C28H25FN4O4S/c1-5-15(29)11-13(3)16(6-2)14(4)23-21-18(12-19-25(32-28(36)37-19)22(21)26(34)31-23)30-27(35)24-17-9-7-8-10-20(17)38-33-24/h5,7-12,23H,6H2,1-4H3,(H,30,35)(H,31,34)(H,32,36)/b13-11-,15-5+,16-14+. The van der Waals surface area contributed by atoms with Gasteiger partial charge >= 0.3 is 5.76 Å². The number of aromatic amines is 1. The fourth-order valence-corrected chi connectivity index (χ4v) is 5.77. The van der Waals surface area contributed by atoms with Crippen LogP contribution in [0.25, 0.3) is 21.2 Å². The third-order valence-corrected chi connectivity index (χ3v) is 7.59. The molecule has 3 heterocycles. The number of aromatic nitrogens is 2. The number of fused-ring (bicyclic) bond motifs is 4. The molecule has 0 saturated carbocycles. The first-order chi connectivity index (χ1) is 18.2. The number of carbonyl (C=O) groups excluding carboxylic acids is 2. The van der Waals surface area contributed by atoms with Gasteiger partial charge in [0.15, 0.2) is 5.58 Å². The van der Waals surface area contributed by atoms with Crippen LogP contribution in [0.4, 0.5) is 10.1 Å². The fraction of sp³-hybridized carbons (Fsp3) is 0.214. The highest BCUT2D eigenvalue weighted by Gasteiger charge is 2.37. The van der Waals surface area contributed by atoms with Crippen molar-refractivity contribution < 1.29 is 18.4 Å². The van der Waals surface area contributed by atoms with Crippen LogP contribution in [0.1, 0.15) is 66.6 Å². The quantitative estimate of drug-likeness (QED) is 0.252. The first-order valence-corrected chi connectivity index (χ1v) is 12.9. The molecule has 4 aromatic rings. The second-order valence-corrected chi connectivity index (χ2v) is 9.81. The van der Waals surface area contributed by atoms with Gasteiger partial charge in [-0.3, -0.25) is 14.6 Å². The number of allylic oxidation sites excluding steroid dienone is 5. The molecular formula is C28H25FN4O4S. The first-order valence-electron chi connectivity index (χ1n) is 12.1. The molecule has 0 aliphatic carbocycles. The van der Waals surface area contributed by atoms with Gasteiger partial charge in [-0.15, -0.1) is 0 Å². The van der Waals surface area contributed by atoms with Crippen molar-refractivity contribution in [3.63, 3.8) is 0 Å². The summed E-state index contributed by atoms with van der Waals surface area (Å²) in [5.41, 5.74) is 4.05. The highest BCUT2D eigenvalue weighted by Crippen LogP contribution is 2.42. The number of amides is 2. The predicted molar refractivity (Wildman–Crippen MR) is 146 cm³/mol. The van der Waals surface area contributed by atoms with Gasteiger partial charge in [-0.1, -0.05) is 31.2 Å². The van der Waals surface area contributed by atoms with Gasteiger partial charge in [0.2, 0.25) is 0 Å². The maximum atomic E-state index is 14.0. The molecule has 0 radical (unpaired) electrons. The number of carbonyl (C=O) groups is 2. The minimum Gasteiger partial charge on any atom is -0.408 e. The molecule has 0 bridgehead atoms. The number of rotatable bonds is 6. The second-order valence-electron chi connectivity index (χ2n) is 9.00. The van der Waals surface area contributed by atoms with Crippen molar-refractivity contribution in [2.75, 3.05) is 5.32 Å². The van der Waals surface area contributed by atoms with Crippen molar-refractivity contribution in [3.05, 3.63) is 92.4 Å². The van der Waals surface area contributed by atoms with Crippen molar-refractivity contribution in [2.45, 2.75) is 40.2 Å². The molecule has 5 rings (SSSR count). The smallest absolute Gasteiger partial charge is 0.408 e. The number of anilines is 1. The van der Waals surface area contributed by atoms with Crippen molar-refractivity contribution in [3.8, 4) is 0 Å². The van der Waals surface area contributed by atoms with E-state index in [1.165, 1.54) is 29.8 Å². The average molecular weight is 533 g/mol. The molecular weight excluding hydrogens is 507 g/mol. The Morgan fingerprint density at radius 2 is 2.03 bits per heavy atom. The van der Waals surface area contributed by atoms with E-state index < -0.39 is 23.6 Å². The third-order valence-electron chi connectivity index (χ3n) is 6.76. The van der Waals surface area contributed by atoms with E-state index in [1.807, 2.05) is 45.0 Å². The predicted octanol–water partition coefficient (Wildman–Crippen LogP) is 6.31. The summed E-state index contributed by atoms with van der Waals surface area (Å²) in [7, 11) is 0. The van der Waals surface area contributed by atoms with Crippen LogP contribution in [0.2, 0.25) is 0 Å². The summed E-state index contributed by atoms with van der Waals surface area (Å²) in [6.07, 6.45) is 3.41. The molecule has 2 amide bonds. The Balaban J connectivity index is 1.68. The van der Waals surface area contributed by atoms with Gasteiger partial charge in [0.1, 0.15) is 17.0 Å². The molecule has 0 fully saturated rings. The lowest BCUT2D eigenvalue weighted by Gasteiger charge is -2.21. The lowest BCUT2D eigenvalue weighted by atomic mass is 9.89. The fourth-order valence-electron chi connectivity index (χ4n) is 5.00. The van der Waals surface area contributed by atoms with Crippen molar-refractivity contribution >= 4 is 50.2 Å². The molecule has 1 atom stereocenters. The molecule has 3 N–H and O–H groups in total. The molecule has 10 heteroatoms. The summed E-state index contributed by atoms with van der Waals surface area (Å²) < 4.78 is 24.5. The summed E-state index contributed by atoms with van der Waals surface area (Å²) in [5.74, 6) is -1.95. The molecule has 2 aromatic heterocycles. The monoisotopic (exact) mass is 532 g/mol. The zero-order valence-electron chi connectivity index (χ0n) is 21.2. The van der Waals surface area contributed by atoms with Crippen molar-refractivity contribution in [1.29, 1.82) is 0 Å². The van der Waals surface area contributed by atoms with Gasteiger partial charge < -0.3 is 15.1 Å². The Morgan fingerprint density at radius 3 is 2.76 bits per heavy atom. The molecule has 1 aliphatic heterocycles. The Labute approximate surface area is 221 Å². The first kappa shape index (κ1) is 25.3. The number of oxazole rings is 1. The third kappa shape index (κ3) is 4.26. The number of benzene rings is 2. The second kappa shape index (κ2) is 9.86. The molecule has 194 valence electrons. The van der Waals surface area contributed by atoms with E-state index in [-0.39, 0.29) is 28.2 Å².